The third-order valence-corrected chi connectivity index (χ3v) is 5.86. The van der Waals surface area contributed by atoms with Crippen LogP contribution in [0.4, 0.5) is 5.82 Å². The number of carbonyl (C=O) groups is 1. The topological polar surface area (TPSA) is 81.9 Å². The summed E-state index contributed by atoms with van der Waals surface area (Å²) in [4.78, 5) is 21.4. The molecule has 1 aromatic carbocycles. The first-order valence-corrected chi connectivity index (χ1v) is 9.98. The van der Waals surface area contributed by atoms with Crippen molar-refractivity contribution in [3.63, 3.8) is 0 Å². The highest BCUT2D eigenvalue weighted by molar-refractivity contribution is 8.00. The second-order valence-corrected chi connectivity index (χ2v) is 7.82. The van der Waals surface area contributed by atoms with Gasteiger partial charge < -0.3 is 10.1 Å². The molecule has 0 fully saturated rings. The van der Waals surface area contributed by atoms with Crippen LogP contribution >= 0.6 is 11.8 Å². The van der Waals surface area contributed by atoms with Gasteiger partial charge in [-0.1, -0.05) is 12.1 Å². The molecular formula is C20H21N5O2S. The molecule has 1 N–H and O–H groups in total. The standard InChI is InChI=1S/C20H21N5O2S/c1-11-9-12(2)22-20(21-11)25-19-17(13(3)24-25)18(28-10-16(26)23-19)14-5-7-15(27-4)8-6-14/h5-9,18H,10H2,1-4H3,(H,23,26). The maximum Gasteiger partial charge on any atom is 0.252 e. The van der Waals surface area contributed by atoms with Crippen LogP contribution in [0, 0.1) is 20.8 Å². The van der Waals surface area contributed by atoms with E-state index in [4.69, 9.17) is 4.74 Å². The van der Waals surface area contributed by atoms with E-state index in [0.29, 0.717) is 17.5 Å². The minimum atomic E-state index is -0.0622. The molecule has 1 amide bonds. The molecule has 0 bridgehead atoms. The van der Waals surface area contributed by atoms with Gasteiger partial charge in [-0.2, -0.15) is 9.78 Å². The molecule has 4 rings (SSSR count). The molecule has 0 radical (unpaired) electrons. The summed E-state index contributed by atoms with van der Waals surface area (Å²) in [6.07, 6.45) is 0. The van der Waals surface area contributed by atoms with Crippen molar-refractivity contribution in [2.24, 2.45) is 0 Å². The number of hydrogen-bond donors (Lipinski definition) is 1. The van der Waals surface area contributed by atoms with Gasteiger partial charge in [0.2, 0.25) is 5.91 Å². The number of nitrogens with one attached hydrogen (secondary N) is 1. The highest BCUT2D eigenvalue weighted by atomic mass is 32.2. The lowest BCUT2D eigenvalue weighted by atomic mass is 10.0. The molecule has 1 aliphatic rings. The Bertz CT molecular complexity index is 1030. The van der Waals surface area contributed by atoms with Crippen molar-refractivity contribution in [2.45, 2.75) is 26.0 Å². The molecule has 2 aromatic heterocycles. The van der Waals surface area contributed by atoms with Crippen LogP contribution in [-0.4, -0.2) is 38.5 Å². The van der Waals surface area contributed by atoms with E-state index >= 15 is 0 Å². The minimum Gasteiger partial charge on any atom is -0.497 e. The van der Waals surface area contributed by atoms with Crippen LogP contribution in [0.3, 0.4) is 0 Å². The number of amides is 1. The molecule has 3 aromatic rings. The molecule has 1 atom stereocenters. The van der Waals surface area contributed by atoms with Crippen molar-refractivity contribution in [1.29, 1.82) is 0 Å². The summed E-state index contributed by atoms with van der Waals surface area (Å²) in [5.74, 6) is 2.19. The van der Waals surface area contributed by atoms with Crippen LogP contribution in [0.2, 0.25) is 0 Å². The second-order valence-electron chi connectivity index (χ2n) is 6.72. The predicted octanol–water partition coefficient (Wildman–Crippen LogP) is 3.37. The highest BCUT2D eigenvalue weighted by Crippen LogP contribution is 2.43. The number of fused-ring (bicyclic) bond motifs is 1. The summed E-state index contributed by atoms with van der Waals surface area (Å²) in [6.45, 7) is 5.79. The zero-order chi connectivity index (χ0) is 19.8. The van der Waals surface area contributed by atoms with E-state index in [2.05, 4.69) is 20.4 Å². The molecule has 0 saturated carbocycles. The Hall–Kier alpha value is -2.87. The summed E-state index contributed by atoms with van der Waals surface area (Å²) < 4.78 is 6.91. The highest BCUT2D eigenvalue weighted by Gasteiger charge is 2.31. The Morgan fingerprint density at radius 2 is 1.82 bits per heavy atom. The minimum absolute atomic E-state index is 0.0282. The molecule has 0 aliphatic carbocycles. The summed E-state index contributed by atoms with van der Waals surface area (Å²) in [5, 5.41) is 7.65. The Morgan fingerprint density at radius 1 is 1.14 bits per heavy atom. The average Bonchev–Trinajstić information content (AvgIpc) is 2.87. The van der Waals surface area contributed by atoms with Crippen molar-refractivity contribution in [3.05, 3.63) is 58.5 Å². The fourth-order valence-corrected chi connectivity index (χ4v) is 4.56. The van der Waals surface area contributed by atoms with E-state index in [0.717, 1.165) is 34.0 Å². The molecule has 28 heavy (non-hydrogen) atoms. The number of nitrogens with zero attached hydrogens (tertiary/aromatic N) is 4. The Morgan fingerprint density at radius 3 is 2.46 bits per heavy atom. The molecular weight excluding hydrogens is 374 g/mol. The van der Waals surface area contributed by atoms with Gasteiger partial charge in [-0.15, -0.1) is 11.8 Å². The molecule has 0 saturated heterocycles. The molecule has 8 heteroatoms. The number of hydrogen-bond acceptors (Lipinski definition) is 6. The van der Waals surface area contributed by atoms with Crippen LogP contribution in [0.1, 0.15) is 33.5 Å². The maximum atomic E-state index is 12.4. The number of thioether (sulfide) groups is 1. The van der Waals surface area contributed by atoms with E-state index in [1.807, 2.05) is 51.1 Å². The van der Waals surface area contributed by atoms with Gasteiger partial charge in [0.25, 0.3) is 5.95 Å². The van der Waals surface area contributed by atoms with Crippen molar-refractivity contribution in [2.75, 3.05) is 18.2 Å². The van der Waals surface area contributed by atoms with Crippen molar-refractivity contribution in [3.8, 4) is 11.7 Å². The number of rotatable bonds is 3. The largest absolute Gasteiger partial charge is 0.497 e. The number of aromatic nitrogens is 4. The fraction of sp³-hybridized carbons (Fsp3) is 0.300. The molecule has 1 unspecified atom stereocenters. The summed E-state index contributed by atoms with van der Waals surface area (Å²) in [6, 6.07) is 9.83. The fourth-order valence-electron chi connectivity index (χ4n) is 3.37. The van der Waals surface area contributed by atoms with Crippen LogP contribution in [0.25, 0.3) is 5.95 Å². The van der Waals surface area contributed by atoms with Crippen molar-refractivity contribution < 1.29 is 9.53 Å². The van der Waals surface area contributed by atoms with Crippen LogP contribution in [0.5, 0.6) is 5.75 Å². The first-order valence-electron chi connectivity index (χ1n) is 8.94. The average molecular weight is 395 g/mol. The number of benzene rings is 1. The van der Waals surface area contributed by atoms with Gasteiger partial charge >= 0.3 is 0 Å². The maximum absolute atomic E-state index is 12.4. The lowest BCUT2D eigenvalue weighted by Crippen LogP contribution is -2.17. The number of anilines is 1. The summed E-state index contributed by atoms with van der Waals surface area (Å²) >= 11 is 1.58. The smallest absolute Gasteiger partial charge is 0.252 e. The molecule has 0 spiro atoms. The van der Waals surface area contributed by atoms with E-state index in [1.54, 1.807) is 23.6 Å². The van der Waals surface area contributed by atoms with Gasteiger partial charge in [-0.05, 0) is 44.5 Å². The van der Waals surface area contributed by atoms with Crippen LogP contribution < -0.4 is 10.1 Å². The zero-order valence-corrected chi connectivity index (χ0v) is 17.0. The lowest BCUT2D eigenvalue weighted by molar-refractivity contribution is -0.113. The monoisotopic (exact) mass is 395 g/mol. The zero-order valence-electron chi connectivity index (χ0n) is 16.2. The first-order chi connectivity index (χ1) is 13.5. The van der Waals surface area contributed by atoms with Crippen molar-refractivity contribution >= 4 is 23.5 Å². The molecule has 3 heterocycles. The van der Waals surface area contributed by atoms with E-state index in [1.165, 1.54) is 0 Å². The number of aryl methyl sites for hydroxylation is 3. The first kappa shape index (κ1) is 18.5. The van der Waals surface area contributed by atoms with E-state index in [-0.39, 0.29) is 11.2 Å². The number of methoxy groups -OCH3 is 1. The quantitative estimate of drug-likeness (QED) is 0.732. The Kier molecular flexibility index (Phi) is 4.80. The third kappa shape index (κ3) is 3.35. The van der Waals surface area contributed by atoms with Gasteiger partial charge in [-0.25, -0.2) is 9.97 Å². The number of ether oxygens (including phenoxy) is 1. The van der Waals surface area contributed by atoms with Gasteiger partial charge in [0.05, 0.1) is 23.8 Å². The summed E-state index contributed by atoms with van der Waals surface area (Å²) in [7, 11) is 1.65. The van der Waals surface area contributed by atoms with Gasteiger partial charge in [-0.3, -0.25) is 4.79 Å². The lowest BCUT2D eigenvalue weighted by Gasteiger charge is -2.15. The number of carbonyl (C=O) groups excluding carboxylic acids is 1. The van der Waals surface area contributed by atoms with Gasteiger partial charge in [0.15, 0.2) is 0 Å². The SMILES string of the molecule is COc1ccc(C2SCC(=O)Nc3c2c(C)nn3-c2nc(C)cc(C)n2)cc1. The second kappa shape index (κ2) is 7.27. The van der Waals surface area contributed by atoms with Crippen LogP contribution in [-0.2, 0) is 4.79 Å². The molecule has 144 valence electrons. The summed E-state index contributed by atoms with van der Waals surface area (Å²) in [5.41, 5.74) is 4.61. The Labute approximate surface area is 167 Å². The van der Waals surface area contributed by atoms with Gasteiger partial charge in [0, 0.05) is 17.0 Å². The Balaban J connectivity index is 1.87. The van der Waals surface area contributed by atoms with E-state index < -0.39 is 0 Å². The normalized spacial score (nSPS) is 16.3. The van der Waals surface area contributed by atoms with E-state index in [9.17, 15) is 4.79 Å². The van der Waals surface area contributed by atoms with Crippen molar-refractivity contribution in [1.82, 2.24) is 19.7 Å². The molecule has 7 nitrogen and oxygen atoms in total. The van der Waals surface area contributed by atoms with Crippen LogP contribution in [0.15, 0.2) is 30.3 Å². The predicted molar refractivity (Wildman–Crippen MR) is 109 cm³/mol. The molecule has 1 aliphatic heterocycles. The third-order valence-electron chi connectivity index (χ3n) is 4.59. The van der Waals surface area contributed by atoms with Gasteiger partial charge in [0.1, 0.15) is 11.6 Å².